The number of rotatable bonds is 9. The van der Waals surface area contributed by atoms with E-state index in [1.807, 2.05) is 0 Å². The SMILES string of the molecule is CCN(CC)CCC[C@@H](C)NC[C@@H]1C[C@H]2C=C[C@H]1C2. The van der Waals surface area contributed by atoms with E-state index in [2.05, 4.69) is 43.1 Å². The first-order valence-corrected chi connectivity index (χ1v) is 8.37. The number of hydrogen-bond acceptors (Lipinski definition) is 2. The highest BCUT2D eigenvalue weighted by atomic mass is 15.1. The van der Waals surface area contributed by atoms with Gasteiger partial charge in [-0.15, -0.1) is 0 Å². The van der Waals surface area contributed by atoms with Crippen molar-refractivity contribution in [1.82, 2.24) is 10.2 Å². The van der Waals surface area contributed by atoms with E-state index >= 15 is 0 Å². The second-order valence-electron chi connectivity index (χ2n) is 6.52. The molecule has 0 aromatic rings. The van der Waals surface area contributed by atoms with Crippen molar-refractivity contribution in [3.63, 3.8) is 0 Å². The molecule has 0 unspecified atom stereocenters. The second-order valence-corrected chi connectivity index (χ2v) is 6.52. The Labute approximate surface area is 119 Å². The number of allylic oxidation sites excluding steroid dienone is 2. The molecule has 110 valence electrons. The fraction of sp³-hybridized carbons (Fsp3) is 0.882. The summed E-state index contributed by atoms with van der Waals surface area (Å²) in [6.07, 6.45) is 10.4. The van der Waals surface area contributed by atoms with E-state index in [-0.39, 0.29) is 0 Å². The van der Waals surface area contributed by atoms with Crippen molar-refractivity contribution in [3.8, 4) is 0 Å². The van der Waals surface area contributed by atoms with E-state index in [1.54, 1.807) is 0 Å². The summed E-state index contributed by atoms with van der Waals surface area (Å²) < 4.78 is 0. The molecule has 2 aliphatic rings. The maximum Gasteiger partial charge on any atom is 0.00393 e. The quantitative estimate of drug-likeness (QED) is 0.643. The molecular weight excluding hydrogens is 232 g/mol. The molecule has 0 spiro atoms. The Balaban J connectivity index is 1.55. The maximum absolute atomic E-state index is 3.77. The molecule has 0 saturated heterocycles. The Bertz CT molecular complexity index is 283. The Kier molecular flexibility index (Phi) is 5.90. The highest BCUT2D eigenvalue weighted by Gasteiger charge is 2.35. The summed E-state index contributed by atoms with van der Waals surface area (Å²) in [4.78, 5) is 2.52. The summed E-state index contributed by atoms with van der Waals surface area (Å²) in [6.45, 7) is 11.7. The fourth-order valence-corrected chi connectivity index (χ4v) is 3.74. The van der Waals surface area contributed by atoms with Gasteiger partial charge in [-0.3, -0.25) is 0 Å². The van der Waals surface area contributed by atoms with Gasteiger partial charge in [-0.2, -0.15) is 0 Å². The summed E-state index contributed by atoms with van der Waals surface area (Å²) in [5, 5.41) is 3.77. The summed E-state index contributed by atoms with van der Waals surface area (Å²) in [6, 6.07) is 0.679. The monoisotopic (exact) mass is 264 g/mol. The van der Waals surface area contributed by atoms with Crippen LogP contribution in [0.15, 0.2) is 12.2 Å². The fourth-order valence-electron chi connectivity index (χ4n) is 3.74. The first-order valence-electron chi connectivity index (χ1n) is 8.37. The van der Waals surface area contributed by atoms with Crippen molar-refractivity contribution in [2.75, 3.05) is 26.2 Å². The summed E-state index contributed by atoms with van der Waals surface area (Å²) in [5.74, 6) is 2.72. The van der Waals surface area contributed by atoms with Gasteiger partial charge in [-0.25, -0.2) is 0 Å². The predicted molar refractivity (Wildman–Crippen MR) is 83.3 cm³/mol. The molecule has 2 nitrogen and oxygen atoms in total. The first-order chi connectivity index (χ1) is 9.22. The molecule has 0 amide bonds. The van der Waals surface area contributed by atoms with Crippen LogP contribution in [0.5, 0.6) is 0 Å². The Hall–Kier alpha value is -0.340. The van der Waals surface area contributed by atoms with Gasteiger partial charge >= 0.3 is 0 Å². The van der Waals surface area contributed by atoms with E-state index in [0.29, 0.717) is 6.04 Å². The van der Waals surface area contributed by atoms with E-state index in [1.165, 1.54) is 51.9 Å². The summed E-state index contributed by atoms with van der Waals surface area (Å²) >= 11 is 0. The van der Waals surface area contributed by atoms with E-state index < -0.39 is 0 Å². The Morgan fingerprint density at radius 1 is 1.21 bits per heavy atom. The minimum absolute atomic E-state index is 0.679. The predicted octanol–water partition coefficient (Wildman–Crippen LogP) is 3.30. The third-order valence-electron chi connectivity index (χ3n) is 5.15. The van der Waals surface area contributed by atoms with Crippen molar-refractivity contribution in [1.29, 1.82) is 0 Å². The van der Waals surface area contributed by atoms with Gasteiger partial charge in [0, 0.05) is 6.04 Å². The van der Waals surface area contributed by atoms with Crippen LogP contribution in [-0.4, -0.2) is 37.1 Å². The van der Waals surface area contributed by atoms with E-state index in [4.69, 9.17) is 0 Å². The van der Waals surface area contributed by atoms with Crippen LogP contribution in [0, 0.1) is 17.8 Å². The number of fused-ring (bicyclic) bond motifs is 2. The molecule has 2 aliphatic carbocycles. The Morgan fingerprint density at radius 3 is 2.58 bits per heavy atom. The molecule has 0 aliphatic heterocycles. The number of nitrogens with one attached hydrogen (secondary N) is 1. The molecular formula is C17H32N2. The van der Waals surface area contributed by atoms with Crippen molar-refractivity contribution in [3.05, 3.63) is 12.2 Å². The van der Waals surface area contributed by atoms with Crippen molar-refractivity contribution in [2.45, 2.75) is 52.5 Å². The molecule has 1 fully saturated rings. The lowest BCUT2D eigenvalue weighted by Gasteiger charge is -2.23. The number of nitrogens with zero attached hydrogens (tertiary/aromatic N) is 1. The van der Waals surface area contributed by atoms with Gasteiger partial charge in [-0.05, 0) is 76.5 Å². The van der Waals surface area contributed by atoms with Crippen LogP contribution in [0.25, 0.3) is 0 Å². The normalized spacial score (nSPS) is 30.4. The lowest BCUT2D eigenvalue weighted by Crippen LogP contribution is -2.33. The molecule has 0 heterocycles. The smallest absolute Gasteiger partial charge is 0.00393 e. The van der Waals surface area contributed by atoms with Crippen LogP contribution >= 0.6 is 0 Å². The zero-order valence-electron chi connectivity index (χ0n) is 13.1. The first kappa shape index (κ1) is 15.1. The van der Waals surface area contributed by atoms with Gasteiger partial charge in [0.25, 0.3) is 0 Å². The zero-order valence-corrected chi connectivity index (χ0v) is 13.1. The third kappa shape index (κ3) is 4.32. The minimum atomic E-state index is 0.679. The van der Waals surface area contributed by atoms with Crippen LogP contribution in [0.2, 0.25) is 0 Å². The van der Waals surface area contributed by atoms with Crippen LogP contribution < -0.4 is 5.32 Å². The Morgan fingerprint density at radius 2 is 2.00 bits per heavy atom. The third-order valence-corrected chi connectivity index (χ3v) is 5.15. The highest BCUT2D eigenvalue weighted by Crippen LogP contribution is 2.42. The van der Waals surface area contributed by atoms with E-state index in [0.717, 1.165) is 17.8 Å². The van der Waals surface area contributed by atoms with Crippen molar-refractivity contribution >= 4 is 0 Å². The largest absolute Gasteiger partial charge is 0.314 e. The molecule has 0 aromatic carbocycles. The summed E-state index contributed by atoms with van der Waals surface area (Å²) in [7, 11) is 0. The highest BCUT2D eigenvalue weighted by molar-refractivity contribution is 5.10. The van der Waals surface area contributed by atoms with Gasteiger partial charge in [0.05, 0.1) is 0 Å². The van der Waals surface area contributed by atoms with Crippen LogP contribution in [0.4, 0.5) is 0 Å². The van der Waals surface area contributed by atoms with Crippen LogP contribution in [-0.2, 0) is 0 Å². The molecule has 4 atom stereocenters. The molecule has 0 aromatic heterocycles. The van der Waals surface area contributed by atoms with Crippen molar-refractivity contribution in [2.24, 2.45) is 17.8 Å². The van der Waals surface area contributed by atoms with Gasteiger partial charge in [0.15, 0.2) is 0 Å². The second kappa shape index (κ2) is 7.44. The van der Waals surface area contributed by atoms with Crippen molar-refractivity contribution < 1.29 is 0 Å². The molecule has 1 N–H and O–H groups in total. The minimum Gasteiger partial charge on any atom is -0.314 e. The van der Waals surface area contributed by atoms with Gasteiger partial charge in [0.1, 0.15) is 0 Å². The van der Waals surface area contributed by atoms with Gasteiger partial charge in [0.2, 0.25) is 0 Å². The average Bonchev–Trinajstić information content (AvgIpc) is 3.03. The lowest BCUT2D eigenvalue weighted by molar-refractivity contribution is 0.288. The molecule has 19 heavy (non-hydrogen) atoms. The maximum atomic E-state index is 3.77. The molecule has 2 bridgehead atoms. The van der Waals surface area contributed by atoms with Gasteiger partial charge < -0.3 is 10.2 Å². The lowest BCUT2D eigenvalue weighted by atomic mass is 9.93. The van der Waals surface area contributed by atoms with Gasteiger partial charge in [-0.1, -0.05) is 26.0 Å². The van der Waals surface area contributed by atoms with Crippen LogP contribution in [0.3, 0.4) is 0 Å². The molecule has 2 heteroatoms. The number of hydrogen-bond donors (Lipinski definition) is 1. The standard InChI is InChI=1S/C17H32N2/c1-4-19(5-2)10-6-7-14(3)18-13-17-12-15-8-9-16(17)11-15/h8-9,14-18H,4-7,10-13H2,1-3H3/t14-,15+,16+,17+/m1/s1. The summed E-state index contributed by atoms with van der Waals surface area (Å²) in [5.41, 5.74) is 0. The zero-order chi connectivity index (χ0) is 13.7. The molecule has 0 radical (unpaired) electrons. The van der Waals surface area contributed by atoms with Crippen LogP contribution in [0.1, 0.15) is 46.5 Å². The topological polar surface area (TPSA) is 15.3 Å². The molecule has 2 rings (SSSR count). The molecule has 1 saturated carbocycles. The average molecular weight is 264 g/mol. The van der Waals surface area contributed by atoms with E-state index in [9.17, 15) is 0 Å².